The van der Waals surface area contributed by atoms with Crippen molar-refractivity contribution in [1.29, 1.82) is 0 Å². The Morgan fingerprint density at radius 3 is 1.00 bits per heavy atom. The van der Waals surface area contributed by atoms with E-state index in [-0.39, 0.29) is 0 Å². The minimum Gasteiger partial charge on any atom is -0.130 e. The van der Waals surface area contributed by atoms with Gasteiger partial charge in [-0.2, -0.15) is 0 Å². The number of hydrogen-bond acceptors (Lipinski definition) is 0. The minimum atomic E-state index is -1.60. The van der Waals surface area contributed by atoms with E-state index in [1.54, 1.807) is 19.6 Å². The molecule has 0 radical (unpaired) electrons. The fourth-order valence-electron chi connectivity index (χ4n) is 6.57. The first-order valence-corrected chi connectivity index (χ1v) is 16.8. The van der Waals surface area contributed by atoms with Crippen LogP contribution in [0.5, 0.6) is 0 Å². The average Bonchev–Trinajstić information content (AvgIpc) is 3.41. The van der Waals surface area contributed by atoms with E-state index in [1.807, 2.05) is 0 Å². The molecule has 0 aliphatic carbocycles. The fourth-order valence-corrected chi connectivity index (χ4v) is 11.3. The van der Waals surface area contributed by atoms with Gasteiger partial charge in [0.05, 0.1) is 0 Å². The summed E-state index contributed by atoms with van der Waals surface area (Å²) in [5.74, 6) is 2.10. The van der Waals surface area contributed by atoms with E-state index in [1.165, 1.54) is 44.5 Å². The lowest BCUT2D eigenvalue weighted by Crippen LogP contribution is -2.02. The molecule has 0 aromatic heterocycles. The zero-order chi connectivity index (χ0) is 27.6. The molecule has 0 nitrogen and oxygen atoms in total. The molecule has 2 heterocycles. The van der Waals surface area contributed by atoms with Crippen LogP contribution in [0.2, 0.25) is 0 Å². The molecule has 0 N–H and O–H groups in total. The quantitative estimate of drug-likeness (QED) is 0.200. The second-order valence-electron chi connectivity index (χ2n) is 12.6. The summed E-state index contributed by atoms with van der Waals surface area (Å²) < 4.78 is 0. The average molecular weight is 533 g/mol. The van der Waals surface area contributed by atoms with Gasteiger partial charge in [0, 0.05) is 19.6 Å². The highest BCUT2D eigenvalue weighted by molar-refractivity contribution is 8.34. The third kappa shape index (κ3) is 3.80. The summed E-state index contributed by atoms with van der Waals surface area (Å²) in [6.45, 7) is 18.7. The maximum atomic E-state index is 2.62. The van der Waals surface area contributed by atoms with Crippen molar-refractivity contribution < 1.29 is 0 Å². The van der Waals surface area contributed by atoms with Crippen molar-refractivity contribution in [3.8, 4) is 22.3 Å². The van der Waals surface area contributed by atoms with Crippen LogP contribution in [0.1, 0.15) is 114 Å². The highest BCUT2D eigenvalue weighted by Gasteiger charge is 2.48. The molecule has 2 atom stereocenters. The van der Waals surface area contributed by atoms with Gasteiger partial charge in [0.2, 0.25) is 0 Å². The molecule has 0 bridgehead atoms. The predicted molar refractivity (Wildman–Crippen MR) is 170 cm³/mol. The lowest BCUT2D eigenvalue weighted by molar-refractivity contribution is 0.731. The Morgan fingerprint density at radius 1 is 0.436 bits per heavy atom. The van der Waals surface area contributed by atoms with Crippen LogP contribution < -0.4 is 0 Å². The molecule has 0 saturated carbocycles. The number of rotatable bonds is 6. The smallest absolute Gasteiger partial charge is 0.0105 e. The van der Waals surface area contributed by atoms with Gasteiger partial charge in [0.25, 0.3) is 0 Å². The van der Waals surface area contributed by atoms with Crippen molar-refractivity contribution in [3.63, 3.8) is 0 Å². The third-order valence-corrected chi connectivity index (χ3v) is 13.6. The van der Waals surface area contributed by atoms with Gasteiger partial charge in [0.15, 0.2) is 0 Å². The molecule has 4 aromatic rings. The molecule has 2 aliphatic rings. The predicted octanol–water partition coefficient (Wildman–Crippen LogP) is 12.3. The van der Waals surface area contributed by atoms with Gasteiger partial charge in [-0.3, -0.25) is 0 Å². The number of benzene rings is 4. The standard InChI is InChI=1S/C38H44S/c1-9-25(7)29-13-17-33-31-15-11-27(23(3)4)19-35(31)39(37(33)21-29)36-20-28(24(5)6)12-16-32(36)34-18-14-30(22-38(34)39)26(8)10-2/h11-26H,9-10H2,1-8H3. The first-order chi connectivity index (χ1) is 18.7. The molecular formula is C38H44S. The summed E-state index contributed by atoms with van der Waals surface area (Å²) in [5, 5.41) is 0. The van der Waals surface area contributed by atoms with Crippen LogP contribution in [0.15, 0.2) is 92.4 Å². The van der Waals surface area contributed by atoms with E-state index in [2.05, 4.69) is 128 Å². The lowest BCUT2D eigenvalue weighted by atomic mass is 9.95. The topological polar surface area (TPSA) is 0 Å². The Bertz CT molecular complexity index is 1450. The summed E-state index contributed by atoms with van der Waals surface area (Å²) >= 11 is 0. The van der Waals surface area contributed by atoms with Gasteiger partial charge in [-0.1, -0.05) is 104 Å². The Balaban J connectivity index is 1.79. The van der Waals surface area contributed by atoms with Gasteiger partial charge >= 0.3 is 0 Å². The highest BCUT2D eigenvalue weighted by Crippen LogP contribution is 2.85. The van der Waals surface area contributed by atoms with Crippen LogP contribution in [0, 0.1) is 0 Å². The van der Waals surface area contributed by atoms with E-state index >= 15 is 0 Å². The van der Waals surface area contributed by atoms with E-state index < -0.39 is 10.0 Å². The molecule has 0 saturated heterocycles. The van der Waals surface area contributed by atoms with Crippen LogP contribution in [-0.4, -0.2) is 0 Å². The summed E-state index contributed by atoms with van der Waals surface area (Å²) in [4.78, 5) is 6.26. The second-order valence-corrected chi connectivity index (χ2v) is 15.5. The summed E-state index contributed by atoms with van der Waals surface area (Å²) in [6, 6.07) is 29.8. The van der Waals surface area contributed by atoms with E-state index in [9.17, 15) is 0 Å². The second kappa shape index (κ2) is 9.70. The monoisotopic (exact) mass is 532 g/mol. The molecular weight excluding hydrogens is 488 g/mol. The third-order valence-electron chi connectivity index (χ3n) is 9.62. The minimum absolute atomic E-state index is 0.500. The molecule has 202 valence electrons. The molecule has 4 aromatic carbocycles. The van der Waals surface area contributed by atoms with Crippen molar-refractivity contribution >= 4 is 10.0 Å². The largest absolute Gasteiger partial charge is 0.130 e. The number of hydrogen-bond donors (Lipinski definition) is 0. The maximum absolute atomic E-state index is 2.62. The zero-order valence-electron chi connectivity index (χ0n) is 25.1. The molecule has 1 heteroatoms. The van der Waals surface area contributed by atoms with E-state index in [0.29, 0.717) is 23.7 Å². The SMILES string of the molecule is CCC(C)c1ccc2c(c1)S1(c3cc(C(C)C)ccc3-2)c2cc(C(C)C)ccc2-c2ccc(C(C)CC)cc21. The van der Waals surface area contributed by atoms with Crippen LogP contribution in [0.3, 0.4) is 0 Å². The van der Waals surface area contributed by atoms with Crippen molar-refractivity contribution in [2.75, 3.05) is 0 Å². The van der Waals surface area contributed by atoms with E-state index in [0.717, 1.165) is 12.8 Å². The molecule has 39 heavy (non-hydrogen) atoms. The van der Waals surface area contributed by atoms with Crippen LogP contribution >= 0.6 is 10.0 Å². The van der Waals surface area contributed by atoms with Crippen LogP contribution in [0.4, 0.5) is 0 Å². The molecule has 0 amide bonds. The summed E-state index contributed by atoms with van der Waals surface area (Å²) in [5.41, 5.74) is 11.6. The van der Waals surface area contributed by atoms with Gasteiger partial charge in [-0.15, -0.1) is 10.0 Å². The Kier molecular flexibility index (Phi) is 6.58. The van der Waals surface area contributed by atoms with Gasteiger partial charge < -0.3 is 0 Å². The normalized spacial score (nSPS) is 19.9. The van der Waals surface area contributed by atoms with Crippen molar-refractivity contribution in [2.45, 2.75) is 111 Å². The maximum Gasteiger partial charge on any atom is 0.0105 e. The first-order valence-electron chi connectivity index (χ1n) is 15.1. The van der Waals surface area contributed by atoms with Gasteiger partial charge in [-0.05, 0) is 105 Å². The fraction of sp³-hybridized carbons (Fsp3) is 0.368. The highest BCUT2D eigenvalue weighted by atomic mass is 32.3. The zero-order valence-corrected chi connectivity index (χ0v) is 25.9. The number of fused-ring (bicyclic) bond motifs is 10. The molecule has 2 unspecified atom stereocenters. The molecule has 0 fully saturated rings. The van der Waals surface area contributed by atoms with Crippen molar-refractivity contribution in [1.82, 2.24) is 0 Å². The van der Waals surface area contributed by atoms with E-state index in [4.69, 9.17) is 0 Å². The Hall–Kier alpha value is -2.77. The summed E-state index contributed by atoms with van der Waals surface area (Å²) in [6.07, 6.45) is 2.32. The molecule has 2 aliphatic heterocycles. The van der Waals surface area contributed by atoms with Gasteiger partial charge in [-0.25, -0.2) is 0 Å². The van der Waals surface area contributed by atoms with Crippen molar-refractivity contribution in [3.05, 3.63) is 95.1 Å². The van der Waals surface area contributed by atoms with Crippen LogP contribution in [-0.2, 0) is 0 Å². The van der Waals surface area contributed by atoms with Gasteiger partial charge in [0.1, 0.15) is 0 Å². The molecule has 1 spiro atoms. The Morgan fingerprint density at radius 2 is 0.718 bits per heavy atom. The summed E-state index contributed by atoms with van der Waals surface area (Å²) in [7, 11) is -1.60. The van der Waals surface area contributed by atoms with Crippen LogP contribution in [0.25, 0.3) is 22.3 Å². The van der Waals surface area contributed by atoms with Crippen molar-refractivity contribution in [2.24, 2.45) is 0 Å². The molecule has 6 rings (SSSR count). The Labute approximate surface area is 238 Å². The lowest BCUT2D eigenvalue weighted by Gasteiger charge is -2.37. The first kappa shape index (κ1) is 26.5.